The molecule has 0 aromatic carbocycles. The van der Waals surface area contributed by atoms with Crippen LogP contribution in [0.3, 0.4) is 0 Å². The third kappa shape index (κ3) is 65.4. The van der Waals surface area contributed by atoms with Gasteiger partial charge in [-0.05, 0) is 75.0 Å². The third-order valence-corrected chi connectivity index (χ3v) is 10.7. The number of rotatable bonds is 40. The number of hydrogen-bond acceptors (Lipinski definition) is 4. The van der Waals surface area contributed by atoms with Crippen molar-refractivity contribution in [1.82, 2.24) is 0 Å². The SMILES string of the molecule is CCCCCCCCCCCCCCC#CC#CCCCCCCCCC(=O)[O-].CCCCCCCCCCCCCCC#CC#CCCCCCCCCC(=O)[O-].[Cd+2]. The van der Waals surface area contributed by atoms with E-state index in [1.54, 1.807) is 0 Å². The van der Waals surface area contributed by atoms with E-state index in [1.807, 2.05) is 0 Å². The van der Waals surface area contributed by atoms with Crippen LogP contribution in [0.25, 0.3) is 0 Å². The second kappa shape index (κ2) is 58.2. The number of carbonyl (C=O) groups is 2. The van der Waals surface area contributed by atoms with Gasteiger partial charge in [0.15, 0.2) is 0 Å². The molecule has 5 heteroatoms. The number of hydrogen-bond donors (Lipinski definition) is 0. The first-order valence-electron chi connectivity index (χ1n) is 24.9. The molecule has 0 atom stereocenters. The van der Waals surface area contributed by atoms with Crippen molar-refractivity contribution in [3.63, 3.8) is 0 Å². The number of carboxylic acids is 2. The molecule has 0 saturated heterocycles. The molecule has 0 heterocycles. The fourth-order valence-corrected chi connectivity index (χ4v) is 6.92. The second-order valence-corrected chi connectivity index (χ2v) is 16.5. The van der Waals surface area contributed by atoms with Crippen LogP contribution in [0.5, 0.6) is 0 Å². The molecule has 59 heavy (non-hydrogen) atoms. The number of aliphatic carboxylic acids is 2. The van der Waals surface area contributed by atoms with Crippen molar-refractivity contribution in [1.29, 1.82) is 0 Å². The van der Waals surface area contributed by atoms with Crippen LogP contribution in [0.1, 0.15) is 284 Å². The fraction of sp³-hybridized carbons (Fsp3) is 0.815. The largest absolute Gasteiger partial charge is 2.00 e. The molecule has 0 unspecified atom stereocenters. The standard InChI is InChI=1S/2C27H46O2.Cd/c2*1-2-3-4-5-6-7-8-9-10-11-12-13-14-15-16-17-18-19-20-21-22-23-24-25-26-27(28)29;/h2*2-14,19-26H2,1H3,(H,28,29);/q;;+2/p-2. The predicted octanol–water partition coefficient (Wildman–Crippen LogP) is 13.9. The van der Waals surface area contributed by atoms with Crippen LogP contribution in [-0.4, -0.2) is 11.9 Å². The average Bonchev–Trinajstić information content (AvgIpc) is 3.21. The number of carboxylic acid groups (broad SMARTS) is 2. The Morgan fingerprint density at radius 1 is 0.288 bits per heavy atom. The minimum atomic E-state index is -0.930. The molecule has 0 saturated carbocycles. The van der Waals surface area contributed by atoms with Gasteiger partial charge in [-0.1, -0.05) is 230 Å². The normalized spacial score (nSPS) is 9.93. The summed E-state index contributed by atoms with van der Waals surface area (Å²) in [6.07, 6.45) is 50.0. The Kier molecular flexibility index (Phi) is 60.6. The van der Waals surface area contributed by atoms with Gasteiger partial charge in [0, 0.05) is 37.6 Å². The van der Waals surface area contributed by atoms with E-state index in [0.29, 0.717) is 0 Å². The van der Waals surface area contributed by atoms with Gasteiger partial charge in [0.2, 0.25) is 0 Å². The summed E-state index contributed by atoms with van der Waals surface area (Å²) in [5, 5.41) is 20.6. The maximum atomic E-state index is 10.3. The maximum Gasteiger partial charge on any atom is 2.00 e. The minimum absolute atomic E-state index is 0. The van der Waals surface area contributed by atoms with Crippen LogP contribution < -0.4 is 10.2 Å². The van der Waals surface area contributed by atoms with Crippen molar-refractivity contribution in [3.8, 4) is 47.4 Å². The summed E-state index contributed by atoms with van der Waals surface area (Å²) in [7, 11) is 0. The van der Waals surface area contributed by atoms with E-state index in [1.165, 1.54) is 180 Å². The summed E-state index contributed by atoms with van der Waals surface area (Å²) in [5.74, 6) is 22.7. The van der Waals surface area contributed by atoms with E-state index in [0.717, 1.165) is 77.0 Å². The van der Waals surface area contributed by atoms with Crippen molar-refractivity contribution in [2.75, 3.05) is 0 Å². The Bertz CT molecular complexity index is 1040. The quantitative estimate of drug-likeness (QED) is 0.0348. The van der Waals surface area contributed by atoms with Crippen molar-refractivity contribution < 1.29 is 47.1 Å². The predicted molar refractivity (Wildman–Crippen MR) is 246 cm³/mol. The molecule has 332 valence electrons. The molecule has 0 aromatic rings. The maximum absolute atomic E-state index is 10.3. The first kappa shape index (κ1) is 61.4. The van der Waals surface area contributed by atoms with E-state index in [2.05, 4.69) is 61.2 Å². The Labute approximate surface area is 387 Å². The molecule has 0 spiro atoms. The van der Waals surface area contributed by atoms with Crippen LogP contribution in [0, 0.1) is 47.4 Å². The van der Waals surface area contributed by atoms with Crippen molar-refractivity contribution in [2.45, 2.75) is 284 Å². The fourth-order valence-electron chi connectivity index (χ4n) is 6.92. The Hall–Kier alpha value is -1.90. The smallest absolute Gasteiger partial charge is 0.550 e. The zero-order valence-electron chi connectivity index (χ0n) is 39.0. The second-order valence-electron chi connectivity index (χ2n) is 16.5. The van der Waals surface area contributed by atoms with Gasteiger partial charge in [0.25, 0.3) is 0 Å². The van der Waals surface area contributed by atoms with Gasteiger partial charge in [-0.25, -0.2) is 0 Å². The molecule has 0 aliphatic heterocycles. The topological polar surface area (TPSA) is 80.3 Å². The Balaban J connectivity index is -0.00000105. The third-order valence-electron chi connectivity index (χ3n) is 10.7. The van der Waals surface area contributed by atoms with E-state index >= 15 is 0 Å². The minimum Gasteiger partial charge on any atom is -0.550 e. The molecular formula is C54H90CdO4. The molecule has 0 bridgehead atoms. The van der Waals surface area contributed by atoms with Gasteiger partial charge >= 0.3 is 27.3 Å². The molecule has 0 rings (SSSR count). The zero-order valence-corrected chi connectivity index (χ0v) is 43.1. The van der Waals surface area contributed by atoms with Gasteiger partial charge in [0.1, 0.15) is 0 Å². The molecule has 0 N–H and O–H groups in total. The average molecular weight is 916 g/mol. The number of carbonyl (C=O) groups excluding carboxylic acids is 2. The Morgan fingerprint density at radius 2 is 0.458 bits per heavy atom. The number of unbranched alkanes of at least 4 members (excludes halogenated alkanes) is 36. The van der Waals surface area contributed by atoms with Crippen LogP contribution in [0.15, 0.2) is 0 Å². The summed E-state index contributed by atoms with van der Waals surface area (Å²) in [5.41, 5.74) is 0. The van der Waals surface area contributed by atoms with Crippen LogP contribution in [-0.2, 0) is 36.9 Å². The van der Waals surface area contributed by atoms with E-state index in [4.69, 9.17) is 0 Å². The Morgan fingerprint density at radius 3 is 0.644 bits per heavy atom. The molecule has 0 amide bonds. The monoisotopic (exact) mass is 917 g/mol. The van der Waals surface area contributed by atoms with Crippen LogP contribution >= 0.6 is 0 Å². The molecule has 0 aliphatic carbocycles. The van der Waals surface area contributed by atoms with Gasteiger partial charge in [-0.3, -0.25) is 0 Å². The summed E-state index contributed by atoms with van der Waals surface area (Å²) < 4.78 is 0. The molecule has 0 aromatic heterocycles. The molecular weight excluding hydrogens is 825 g/mol. The molecule has 0 fully saturated rings. The van der Waals surface area contributed by atoms with E-state index in [-0.39, 0.29) is 40.1 Å². The van der Waals surface area contributed by atoms with Gasteiger partial charge < -0.3 is 19.8 Å². The van der Waals surface area contributed by atoms with E-state index < -0.39 is 11.9 Å². The van der Waals surface area contributed by atoms with E-state index in [9.17, 15) is 19.8 Å². The zero-order chi connectivity index (χ0) is 42.5. The molecule has 4 nitrogen and oxygen atoms in total. The summed E-state index contributed by atoms with van der Waals surface area (Å²) in [6, 6.07) is 0. The molecule has 0 aliphatic rings. The van der Waals surface area contributed by atoms with Gasteiger partial charge in [-0.15, -0.1) is 0 Å². The first-order valence-corrected chi connectivity index (χ1v) is 24.9. The van der Waals surface area contributed by atoms with Gasteiger partial charge in [-0.2, -0.15) is 0 Å². The summed E-state index contributed by atoms with van der Waals surface area (Å²) in [4.78, 5) is 20.6. The van der Waals surface area contributed by atoms with Crippen LogP contribution in [0.2, 0.25) is 0 Å². The first-order chi connectivity index (χ1) is 28.5. The van der Waals surface area contributed by atoms with Gasteiger partial charge in [0.05, 0.1) is 0 Å². The molecule has 0 radical (unpaired) electrons. The van der Waals surface area contributed by atoms with Crippen molar-refractivity contribution >= 4 is 11.9 Å². The van der Waals surface area contributed by atoms with Crippen molar-refractivity contribution in [3.05, 3.63) is 0 Å². The van der Waals surface area contributed by atoms with Crippen molar-refractivity contribution in [2.24, 2.45) is 0 Å². The van der Waals surface area contributed by atoms with Crippen LogP contribution in [0.4, 0.5) is 0 Å². The summed E-state index contributed by atoms with van der Waals surface area (Å²) >= 11 is 0. The summed E-state index contributed by atoms with van der Waals surface area (Å²) in [6.45, 7) is 4.55.